The maximum atomic E-state index is 12.3. The van der Waals surface area contributed by atoms with E-state index in [1.165, 1.54) is 11.1 Å². The molecule has 1 aliphatic rings. The number of aryl methyl sites for hydroxylation is 2. The molecule has 1 saturated heterocycles. The summed E-state index contributed by atoms with van der Waals surface area (Å²) in [4.78, 5) is 14.1. The highest BCUT2D eigenvalue weighted by molar-refractivity contribution is 5.83. The van der Waals surface area contributed by atoms with Crippen LogP contribution in [0.25, 0.3) is 0 Å². The van der Waals surface area contributed by atoms with Gasteiger partial charge in [0.15, 0.2) is 0 Å². The first-order valence-corrected chi connectivity index (χ1v) is 6.15. The number of amides is 1. The molecule has 17 heavy (non-hydrogen) atoms. The van der Waals surface area contributed by atoms with Gasteiger partial charge in [0.1, 0.15) is 6.04 Å². The standard InChI is InChI=1S/C14H20N2O/c1-10-5-6-11(2)12(9-10)13-14(17)16(3)8-4-7-15-13/h5-6,9,13,15H,4,7-8H2,1-3H3. The van der Waals surface area contributed by atoms with Gasteiger partial charge in [0.05, 0.1) is 0 Å². The van der Waals surface area contributed by atoms with E-state index in [1.54, 1.807) is 0 Å². The second kappa shape index (κ2) is 4.88. The lowest BCUT2D eigenvalue weighted by Crippen LogP contribution is -2.35. The topological polar surface area (TPSA) is 32.3 Å². The SMILES string of the molecule is Cc1ccc(C)c(C2NCCCN(C)C2=O)c1. The first kappa shape index (κ1) is 12.1. The summed E-state index contributed by atoms with van der Waals surface area (Å²) >= 11 is 0. The molecule has 3 heteroatoms. The molecule has 92 valence electrons. The van der Waals surface area contributed by atoms with Crippen molar-refractivity contribution in [3.63, 3.8) is 0 Å². The molecule has 1 amide bonds. The number of carbonyl (C=O) groups is 1. The van der Waals surface area contributed by atoms with Crippen LogP contribution in [0.15, 0.2) is 18.2 Å². The van der Waals surface area contributed by atoms with Crippen LogP contribution >= 0.6 is 0 Å². The van der Waals surface area contributed by atoms with Gasteiger partial charge in [-0.05, 0) is 37.9 Å². The van der Waals surface area contributed by atoms with Crippen LogP contribution < -0.4 is 5.32 Å². The van der Waals surface area contributed by atoms with Crippen LogP contribution in [0.5, 0.6) is 0 Å². The first-order chi connectivity index (χ1) is 8.09. The molecule has 0 aliphatic carbocycles. The van der Waals surface area contributed by atoms with Crippen molar-refractivity contribution in [1.29, 1.82) is 0 Å². The van der Waals surface area contributed by atoms with E-state index in [0.717, 1.165) is 25.1 Å². The molecule has 3 nitrogen and oxygen atoms in total. The third-order valence-corrected chi connectivity index (χ3v) is 3.39. The zero-order valence-corrected chi connectivity index (χ0v) is 10.8. The minimum Gasteiger partial charge on any atom is -0.344 e. The molecule has 0 saturated carbocycles. The van der Waals surface area contributed by atoms with Gasteiger partial charge >= 0.3 is 0 Å². The highest BCUT2D eigenvalue weighted by atomic mass is 16.2. The van der Waals surface area contributed by atoms with Crippen molar-refractivity contribution in [1.82, 2.24) is 10.2 Å². The number of nitrogens with zero attached hydrogens (tertiary/aromatic N) is 1. The first-order valence-electron chi connectivity index (χ1n) is 6.15. The Kier molecular flexibility index (Phi) is 3.48. The van der Waals surface area contributed by atoms with Crippen LogP contribution in [-0.4, -0.2) is 30.9 Å². The minimum absolute atomic E-state index is 0.177. The molecule has 1 aromatic rings. The van der Waals surface area contributed by atoms with E-state index >= 15 is 0 Å². The fourth-order valence-corrected chi connectivity index (χ4v) is 2.29. The average Bonchev–Trinajstić information content (AvgIpc) is 2.46. The summed E-state index contributed by atoms with van der Waals surface area (Å²) < 4.78 is 0. The molecular formula is C14H20N2O. The number of likely N-dealkylation sites (N-methyl/N-ethyl adjacent to an activating group) is 1. The van der Waals surface area contributed by atoms with E-state index in [-0.39, 0.29) is 11.9 Å². The molecule has 1 unspecified atom stereocenters. The predicted molar refractivity (Wildman–Crippen MR) is 68.9 cm³/mol. The molecule has 0 bridgehead atoms. The predicted octanol–water partition coefficient (Wildman–Crippen LogP) is 1.80. The van der Waals surface area contributed by atoms with E-state index in [4.69, 9.17) is 0 Å². The summed E-state index contributed by atoms with van der Waals surface area (Å²) in [6.45, 7) is 5.86. The summed E-state index contributed by atoms with van der Waals surface area (Å²) in [5, 5.41) is 3.35. The van der Waals surface area contributed by atoms with Gasteiger partial charge in [-0.2, -0.15) is 0 Å². The smallest absolute Gasteiger partial charge is 0.244 e. The van der Waals surface area contributed by atoms with Gasteiger partial charge in [-0.1, -0.05) is 23.8 Å². The van der Waals surface area contributed by atoms with Crippen LogP contribution in [0.1, 0.15) is 29.2 Å². The Balaban J connectivity index is 2.36. The van der Waals surface area contributed by atoms with Crippen molar-refractivity contribution in [2.45, 2.75) is 26.3 Å². The van der Waals surface area contributed by atoms with E-state index < -0.39 is 0 Å². The lowest BCUT2D eigenvalue weighted by Gasteiger charge is -2.22. The van der Waals surface area contributed by atoms with Crippen molar-refractivity contribution in [3.05, 3.63) is 34.9 Å². The Morgan fingerprint density at radius 1 is 1.35 bits per heavy atom. The van der Waals surface area contributed by atoms with E-state index in [1.807, 2.05) is 11.9 Å². The number of hydrogen-bond acceptors (Lipinski definition) is 2. The minimum atomic E-state index is -0.178. The van der Waals surface area contributed by atoms with E-state index in [9.17, 15) is 4.79 Å². The molecule has 0 spiro atoms. The van der Waals surface area contributed by atoms with Gasteiger partial charge in [-0.15, -0.1) is 0 Å². The maximum absolute atomic E-state index is 12.3. The Hall–Kier alpha value is -1.35. The third kappa shape index (κ3) is 2.50. The fourth-order valence-electron chi connectivity index (χ4n) is 2.29. The van der Waals surface area contributed by atoms with Gasteiger partial charge in [0.2, 0.25) is 5.91 Å². The molecule has 1 N–H and O–H groups in total. The molecule has 1 heterocycles. The van der Waals surface area contributed by atoms with Crippen LogP contribution in [0.4, 0.5) is 0 Å². The van der Waals surface area contributed by atoms with Crippen molar-refractivity contribution >= 4 is 5.91 Å². The Morgan fingerprint density at radius 3 is 2.88 bits per heavy atom. The van der Waals surface area contributed by atoms with Gasteiger partial charge in [0, 0.05) is 13.6 Å². The summed E-state index contributed by atoms with van der Waals surface area (Å²) in [5.74, 6) is 0.177. The fraction of sp³-hybridized carbons (Fsp3) is 0.500. The second-order valence-electron chi connectivity index (χ2n) is 4.86. The second-order valence-corrected chi connectivity index (χ2v) is 4.86. The van der Waals surface area contributed by atoms with Crippen LogP contribution in [0.3, 0.4) is 0 Å². The largest absolute Gasteiger partial charge is 0.344 e. The molecule has 1 atom stereocenters. The van der Waals surface area contributed by atoms with Gasteiger partial charge < -0.3 is 10.2 Å². The molecule has 0 radical (unpaired) electrons. The van der Waals surface area contributed by atoms with Crippen LogP contribution in [-0.2, 0) is 4.79 Å². The quantitative estimate of drug-likeness (QED) is 0.800. The number of benzene rings is 1. The summed E-state index contributed by atoms with van der Waals surface area (Å²) in [5.41, 5.74) is 3.49. The maximum Gasteiger partial charge on any atom is 0.244 e. The average molecular weight is 232 g/mol. The summed E-state index contributed by atoms with van der Waals surface area (Å²) in [7, 11) is 1.88. The van der Waals surface area contributed by atoms with Gasteiger partial charge in [-0.3, -0.25) is 4.79 Å². The molecule has 2 rings (SSSR count). The van der Waals surface area contributed by atoms with Crippen LogP contribution in [0, 0.1) is 13.8 Å². The lowest BCUT2D eigenvalue weighted by atomic mass is 9.98. The molecule has 1 fully saturated rings. The number of nitrogens with one attached hydrogen (secondary N) is 1. The zero-order valence-electron chi connectivity index (χ0n) is 10.8. The van der Waals surface area contributed by atoms with Gasteiger partial charge in [0.25, 0.3) is 0 Å². The Bertz CT molecular complexity index is 428. The monoisotopic (exact) mass is 232 g/mol. The molecular weight excluding hydrogens is 212 g/mol. The van der Waals surface area contributed by atoms with Crippen LogP contribution in [0.2, 0.25) is 0 Å². The van der Waals surface area contributed by atoms with Crippen molar-refractivity contribution in [3.8, 4) is 0 Å². The number of carbonyl (C=O) groups excluding carboxylic acids is 1. The number of rotatable bonds is 1. The normalized spacial score (nSPS) is 21.5. The molecule has 1 aliphatic heterocycles. The Morgan fingerprint density at radius 2 is 2.12 bits per heavy atom. The highest BCUT2D eigenvalue weighted by Gasteiger charge is 2.26. The van der Waals surface area contributed by atoms with Gasteiger partial charge in [-0.25, -0.2) is 0 Å². The van der Waals surface area contributed by atoms with Crippen molar-refractivity contribution in [2.24, 2.45) is 0 Å². The Labute approximate surface area is 103 Å². The lowest BCUT2D eigenvalue weighted by molar-refractivity contribution is -0.131. The van der Waals surface area contributed by atoms with E-state index in [2.05, 4.69) is 37.4 Å². The number of hydrogen-bond donors (Lipinski definition) is 1. The van der Waals surface area contributed by atoms with E-state index in [0.29, 0.717) is 0 Å². The zero-order chi connectivity index (χ0) is 12.4. The van der Waals surface area contributed by atoms with Crippen molar-refractivity contribution in [2.75, 3.05) is 20.1 Å². The molecule has 0 aromatic heterocycles. The van der Waals surface area contributed by atoms with Crippen molar-refractivity contribution < 1.29 is 4.79 Å². The third-order valence-electron chi connectivity index (χ3n) is 3.39. The summed E-state index contributed by atoms with van der Waals surface area (Å²) in [6, 6.07) is 6.11. The highest BCUT2D eigenvalue weighted by Crippen LogP contribution is 2.22. The summed E-state index contributed by atoms with van der Waals surface area (Å²) in [6.07, 6.45) is 1.02. The molecule has 1 aromatic carbocycles.